The van der Waals surface area contributed by atoms with Crippen LogP contribution in [0.2, 0.25) is 0 Å². The number of rotatable bonds is 5. The zero-order chi connectivity index (χ0) is 19.7. The predicted octanol–water partition coefficient (Wildman–Crippen LogP) is 2.95. The van der Waals surface area contributed by atoms with Gasteiger partial charge < -0.3 is 10.5 Å². The van der Waals surface area contributed by atoms with Crippen molar-refractivity contribution in [3.63, 3.8) is 0 Å². The van der Waals surface area contributed by atoms with Crippen LogP contribution < -0.4 is 10.5 Å². The molecule has 6 nitrogen and oxygen atoms in total. The van der Waals surface area contributed by atoms with Crippen LogP contribution in [-0.4, -0.2) is 40.8 Å². The molecule has 1 aliphatic rings. The van der Waals surface area contributed by atoms with Gasteiger partial charge in [-0.15, -0.1) is 0 Å². The van der Waals surface area contributed by atoms with Crippen LogP contribution >= 0.6 is 0 Å². The van der Waals surface area contributed by atoms with Crippen LogP contribution in [0.1, 0.15) is 18.4 Å². The predicted molar refractivity (Wildman–Crippen MR) is 110 cm³/mol. The fourth-order valence-electron chi connectivity index (χ4n) is 4.04. The highest BCUT2D eigenvalue weighted by molar-refractivity contribution is 5.86. The van der Waals surface area contributed by atoms with Crippen molar-refractivity contribution in [3.8, 4) is 16.9 Å². The summed E-state index contributed by atoms with van der Waals surface area (Å²) in [4.78, 5) is 13.8. The third kappa shape index (κ3) is 3.60. The first kappa shape index (κ1) is 18.5. The molecule has 2 aromatic carbocycles. The normalized spacial score (nSPS) is 15.8. The molecule has 0 bridgehead atoms. The maximum absolute atomic E-state index is 11.4. The zero-order valence-electron chi connectivity index (χ0n) is 16.4. The number of aryl methyl sites for hydroxylation is 1. The van der Waals surface area contributed by atoms with Crippen LogP contribution in [-0.2, 0) is 18.4 Å². The first-order valence-corrected chi connectivity index (χ1v) is 9.66. The van der Waals surface area contributed by atoms with Crippen LogP contribution in [0.5, 0.6) is 5.75 Å². The Hall–Kier alpha value is -2.86. The number of nitrogens with zero attached hydrogens (tertiary/aromatic N) is 3. The summed E-state index contributed by atoms with van der Waals surface area (Å²) in [5.41, 5.74) is 9.99. The van der Waals surface area contributed by atoms with Crippen LogP contribution in [0, 0.1) is 5.92 Å². The van der Waals surface area contributed by atoms with Crippen molar-refractivity contribution in [2.75, 3.05) is 20.2 Å². The number of likely N-dealkylation sites (tertiary alicyclic amines) is 1. The molecular formula is C22H26N4O2. The van der Waals surface area contributed by atoms with Gasteiger partial charge in [0.1, 0.15) is 5.75 Å². The summed E-state index contributed by atoms with van der Waals surface area (Å²) in [6.07, 6.45) is 3.57. The van der Waals surface area contributed by atoms with Gasteiger partial charge >= 0.3 is 0 Å². The van der Waals surface area contributed by atoms with Gasteiger partial charge in [0.05, 0.1) is 18.8 Å². The Morgan fingerprint density at radius 2 is 2.00 bits per heavy atom. The number of carbonyl (C=O) groups is 1. The van der Waals surface area contributed by atoms with Gasteiger partial charge in [0.2, 0.25) is 5.91 Å². The van der Waals surface area contributed by atoms with E-state index >= 15 is 0 Å². The Bertz CT molecular complexity index is 1000. The summed E-state index contributed by atoms with van der Waals surface area (Å²) in [5.74, 6) is 0.713. The number of methoxy groups -OCH3 is 1. The molecule has 3 aromatic rings. The summed E-state index contributed by atoms with van der Waals surface area (Å²) in [6.45, 7) is 2.66. The topological polar surface area (TPSA) is 73.4 Å². The van der Waals surface area contributed by atoms with Crippen molar-refractivity contribution in [1.82, 2.24) is 14.7 Å². The van der Waals surface area contributed by atoms with E-state index in [0.29, 0.717) is 0 Å². The SMILES string of the molecule is COc1ccc(CN2CCC(C(N)=O)CC2)cc1-c1ccc2c(cnn2C)c1. The number of fused-ring (bicyclic) bond motifs is 1. The number of benzene rings is 2. The minimum absolute atomic E-state index is 0.0221. The lowest BCUT2D eigenvalue weighted by atomic mass is 9.95. The Balaban J connectivity index is 1.58. The fraction of sp³-hybridized carbons (Fsp3) is 0.364. The van der Waals surface area contributed by atoms with E-state index in [2.05, 4.69) is 40.3 Å². The average molecular weight is 378 g/mol. The van der Waals surface area contributed by atoms with Gasteiger partial charge in [0, 0.05) is 30.5 Å². The maximum Gasteiger partial charge on any atom is 0.220 e. The van der Waals surface area contributed by atoms with Crippen LogP contribution in [0.25, 0.3) is 22.0 Å². The molecule has 1 aliphatic heterocycles. The number of nitrogens with two attached hydrogens (primary N) is 1. The van der Waals surface area contributed by atoms with E-state index in [-0.39, 0.29) is 11.8 Å². The quantitative estimate of drug-likeness (QED) is 0.741. The molecule has 0 unspecified atom stereocenters. The highest BCUT2D eigenvalue weighted by Crippen LogP contribution is 2.33. The zero-order valence-corrected chi connectivity index (χ0v) is 16.4. The van der Waals surface area contributed by atoms with Gasteiger partial charge in [0.15, 0.2) is 0 Å². The number of ether oxygens (including phenoxy) is 1. The summed E-state index contributed by atoms with van der Waals surface area (Å²) in [6, 6.07) is 12.7. The van der Waals surface area contributed by atoms with Crippen LogP contribution in [0.15, 0.2) is 42.6 Å². The second-order valence-electron chi connectivity index (χ2n) is 7.53. The molecule has 2 N–H and O–H groups in total. The van der Waals surface area contributed by atoms with Crippen molar-refractivity contribution >= 4 is 16.8 Å². The molecule has 1 amide bonds. The Labute approximate surface area is 164 Å². The third-order valence-electron chi connectivity index (χ3n) is 5.72. The molecule has 146 valence electrons. The van der Waals surface area contributed by atoms with E-state index in [4.69, 9.17) is 10.5 Å². The van der Waals surface area contributed by atoms with E-state index in [0.717, 1.165) is 60.3 Å². The minimum Gasteiger partial charge on any atom is -0.496 e. The molecule has 1 aromatic heterocycles. The van der Waals surface area contributed by atoms with Gasteiger partial charge in [-0.1, -0.05) is 12.1 Å². The number of piperidine rings is 1. The van der Waals surface area contributed by atoms with Gasteiger partial charge in [-0.05, 0) is 61.3 Å². The molecule has 1 fully saturated rings. The number of amides is 1. The second-order valence-corrected chi connectivity index (χ2v) is 7.53. The number of primary amides is 1. The van der Waals surface area contributed by atoms with Crippen molar-refractivity contribution < 1.29 is 9.53 Å². The maximum atomic E-state index is 11.4. The van der Waals surface area contributed by atoms with Crippen LogP contribution in [0.4, 0.5) is 0 Å². The van der Waals surface area contributed by atoms with E-state index in [9.17, 15) is 4.79 Å². The van der Waals surface area contributed by atoms with E-state index < -0.39 is 0 Å². The molecule has 0 saturated carbocycles. The summed E-state index contributed by atoms with van der Waals surface area (Å²) >= 11 is 0. The van der Waals surface area contributed by atoms with Gasteiger partial charge in [-0.2, -0.15) is 5.10 Å². The first-order chi connectivity index (χ1) is 13.5. The van der Waals surface area contributed by atoms with Crippen LogP contribution in [0.3, 0.4) is 0 Å². The molecular weight excluding hydrogens is 352 g/mol. The Kier molecular flexibility index (Phi) is 5.05. The van der Waals surface area contributed by atoms with E-state index in [1.807, 2.05) is 24.0 Å². The second kappa shape index (κ2) is 7.64. The molecule has 4 rings (SSSR count). The van der Waals surface area contributed by atoms with Gasteiger partial charge in [0.25, 0.3) is 0 Å². The van der Waals surface area contributed by atoms with Crippen molar-refractivity contribution in [2.45, 2.75) is 19.4 Å². The number of hydrogen-bond donors (Lipinski definition) is 1. The third-order valence-corrected chi connectivity index (χ3v) is 5.72. The molecule has 0 radical (unpaired) electrons. The molecule has 2 heterocycles. The highest BCUT2D eigenvalue weighted by atomic mass is 16.5. The lowest BCUT2D eigenvalue weighted by Gasteiger charge is -2.30. The summed E-state index contributed by atoms with van der Waals surface area (Å²) in [7, 11) is 3.65. The average Bonchev–Trinajstić information content (AvgIpc) is 3.08. The summed E-state index contributed by atoms with van der Waals surface area (Å²) in [5, 5.41) is 5.44. The van der Waals surface area contributed by atoms with Crippen molar-refractivity contribution in [3.05, 3.63) is 48.2 Å². The van der Waals surface area contributed by atoms with Crippen molar-refractivity contribution in [1.29, 1.82) is 0 Å². The molecule has 0 aliphatic carbocycles. The summed E-state index contributed by atoms with van der Waals surface area (Å²) < 4.78 is 7.49. The molecule has 0 spiro atoms. The Morgan fingerprint density at radius 1 is 1.21 bits per heavy atom. The lowest BCUT2D eigenvalue weighted by Crippen LogP contribution is -2.38. The molecule has 28 heavy (non-hydrogen) atoms. The highest BCUT2D eigenvalue weighted by Gasteiger charge is 2.23. The number of aromatic nitrogens is 2. The molecule has 6 heteroatoms. The van der Waals surface area contributed by atoms with Gasteiger partial charge in [-0.3, -0.25) is 14.4 Å². The molecule has 1 saturated heterocycles. The lowest BCUT2D eigenvalue weighted by molar-refractivity contribution is -0.123. The Morgan fingerprint density at radius 3 is 2.71 bits per heavy atom. The standard InChI is InChI=1S/C22H26N4O2/c1-25-20-5-4-17(12-18(20)13-24-25)19-11-15(3-6-21(19)28-2)14-26-9-7-16(8-10-26)22(23)27/h3-6,11-13,16H,7-10,14H2,1-2H3,(H2,23,27). The smallest absolute Gasteiger partial charge is 0.220 e. The van der Waals surface area contributed by atoms with Gasteiger partial charge in [-0.25, -0.2) is 0 Å². The first-order valence-electron chi connectivity index (χ1n) is 9.66. The number of carbonyl (C=O) groups excluding carboxylic acids is 1. The number of hydrogen-bond acceptors (Lipinski definition) is 4. The fourth-order valence-corrected chi connectivity index (χ4v) is 4.04. The van der Waals surface area contributed by atoms with Crippen molar-refractivity contribution in [2.24, 2.45) is 18.7 Å². The van der Waals surface area contributed by atoms with E-state index in [1.165, 1.54) is 5.56 Å². The molecule has 0 atom stereocenters. The minimum atomic E-state index is -0.169. The largest absolute Gasteiger partial charge is 0.496 e. The monoisotopic (exact) mass is 378 g/mol. The van der Waals surface area contributed by atoms with E-state index in [1.54, 1.807) is 7.11 Å².